The Balaban J connectivity index is 1.27. The number of nitriles is 1. The second kappa shape index (κ2) is 10.6. The van der Waals surface area contributed by atoms with Crippen molar-refractivity contribution < 1.29 is 9.90 Å². The van der Waals surface area contributed by atoms with Crippen LogP contribution in [0.2, 0.25) is 10.0 Å². The molecule has 36 heavy (non-hydrogen) atoms. The molecule has 8 heteroatoms. The molecule has 0 spiro atoms. The summed E-state index contributed by atoms with van der Waals surface area (Å²) in [5.74, 6) is 0.527. The maximum Gasteiger partial charge on any atom is 0.322 e. The van der Waals surface area contributed by atoms with Gasteiger partial charge in [-0.1, -0.05) is 35.3 Å². The second-order valence-electron chi connectivity index (χ2n) is 10.5. The number of aliphatic hydroxyl groups excluding tert-OH is 1. The summed E-state index contributed by atoms with van der Waals surface area (Å²) in [6, 6.07) is 15.5. The number of rotatable bonds is 7. The number of aliphatic hydroxyl groups is 1. The monoisotopic (exact) mass is 526 g/mol. The van der Waals surface area contributed by atoms with Gasteiger partial charge in [-0.05, 0) is 92.3 Å². The third kappa shape index (κ3) is 5.35. The minimum Gasteiger partial charge on any atom is -0.392 e. The van der Waals surface area contributed by atoms with E-state index < -0.39 is 0 Å². The number of hydrogen-bond donors (Lipinski definition) is 2. The normalized spacial score (nSPS) is 27.2. The highest BCUT2D eigenvalue weighted by atomic mass is 35.5. The molecule has 0 aromatic heterocycles. The maximum atomic E-state index is 13.5. The highest BCUT2D eigenvalue weighted by molar-refractivity contribution is 6.42. The van der Waals surface area contributed by atoms with Crippen LogP contribution in [0.3, 0.4) is 0 Å². The fraction of sp³-hybridized carbons (Fsp3) is 0.500. The summed E-state index contributed by atoms with van der Waals surface area (Å²) < 4.78 is 0. The number of fused-ring (bicyclic) bond motifs is 1. The molecule has 2 aromatic rings. The molecule has 1 saturated heterocycles. The van der Waals surface area contributed by atoms with E-state index in [4.69, 9.17) is 23.2 Å². The fourth-order valence-corrected chi connectivity index (χ4v) is 6.54. The van der Waals surface area contributed by atoms with Gasteiger partial charge in [-0.15, -0.1) is 0 Å². The van der Waals surface area contributed by atoms with E-state index in [9.17, 15) is 15.2 Å². The number of nitrogens with one attached hydrogen (secondary N) is 1. The van der Waals surface area contributed by atoms with Crippen molar-refractivity contribution in [2.24, 2.45) is 5.92 Å². The molecule has 190 valence electrons. The van der Waals surface area contributed by atoms with Crippen LogP contribution in [0.5, 0.6) is 0 Å². The molecule has 0 radical (unpaired) electrons. The van der Waals surface area contributed by atoms with Gasteiger partial charge in [0.2, 0.25) is 0 Å². The SMILES string of the molecule is N#Cc1cccc([C@]23CC[C@@H](N(CCCN4CC[C@H](O)C4)C(=O)Nc4ccc(Cl)c(Cl)c4)CC2C3)c1. The molecule has 2 aromatic carbocycles. The molecule has 1 heterocycles. The quantitative estimate of drug-likeness (QED) is 0.487. The van der Waals surface area contributed by atoms with Crippen LogP contribution in [0.25, 0.3) is 0 Å². The highest BCUT2D eigenvalue weighted by Gasteiger charge is 2.58. The zero-order chi connectivity index (χ0) is 25.3. The number of hydrogen-bond acceptors (Lipinski definition) is 4. The summed E-state index contributed by atoms with van der Waals surface area (Å²) in [6.07, 6.45) is 5.48. The Morgan fingerprint density at radius 3 is 2.81 bits per heavy atom. The largest absolute Gasteiger partial charge is 0.392 e. The van der Waals surface area contributed by atoms with Gasteiger partial charge in [-0.25, -0.2) is 4.79 Å². The van der Waals surface area contributed by atoms with Gasteiger partial charge < -0.3 is 20.2 Å². The number of carbonyl (C=O) groups is 1. The molecule has 2 saturated carbocycles. The number of anilines is 1. The molecular weight excluding hydrogens is 495 g/mol. The van der Waals surface area contributed by atoms with Gasteiger partial charge in [0.05, 0.1) is 27.8 Å². The van der Waals surface area contributed by atoms with Crippen molar-refractivity contribution in [2.75, 3.05) is 31.5 Å². The lowest BCUT2D eigenvalue weighted by molar-refractivity contribution is 0.151. The van der Waals surface area contributed by atoms with Crippen molar-refractivity contribution in [2.45, 2.75) is 56.1 Å². The average molecular weight is 527 g/mol. The third-order valence-electron chi connectivity index (χ3n) is 8.27. The van der Waals surface area contributed by atoms with E-state index in [0.29, 0.717) is 40.3 Å². The number of carbonyl (C=O) groups excluding carboxylic acids is 1. The minimum absolute atomic E-state index is 0.112. The third-order valence-corrected chi connectivity index (χ3v) is 9.01. The number of urea groups is 1. The predicted octanol–water partition coefficient (Wildman–Crippen LogP) is 5.67. The number of β-amino-alcohol motifs (C(OH)–C–C–N with tert-alkyl or cyclic N) is 1. The van der Waals surface area contributed by atoms with Crippen LogP contribution in [0.1, 0.15) is 49.7 Å². The highest BCUT2D eigenvalue weighted by Crippen LogP contribution is 2.62. The van der Waals surface area contributed by atoms with Gasteiger partial charge >= 0.3 is 6.03 Å². The molecule has 1 aliphatic heterocycles. The van der Waals surface area contributed by atoms with Gasteiger partial charge in [0.25, 0.3) is 0 Å². The van der Waals surface area contributed by atoms with Gasteiger partial charge in [0, 0.05) is 31.4 Å². The molecule has 2 amide bonds. The van der Waals surface area contributed by atoms with Crippen LogP contribution in [0, 0.1) is 17.2 Å². The Morgan fingerprint density at radius 1 is 1.22 bits per heavy atom. The number of amides is 2. The molecule has 2 N–H and O–H groups in total. The summed E-state index contributed by atoms with van der Waals surface area (Å²) in [4.78, 5) is 17.8. The van der Waals surface area contributed by atoms with E-state index >= 15 is 0 Å². The lowest BCUT2D eigenvalue weighted by Crippen LogP contribution is -2.46. The summed E-state index contributed by atoms with van der Waals surface area (Å²) in [5, 5.41) is 23.1. The van der Waals surface area contributed by atoms with Gasteiger partial charge in [-0.2, -0.15) is 5.26 Å². The van der Waals surface area contributed by atoms with Crippen molar-refractivity contribution in [1.29, 1.82) is 5.26 Å². The minimum atomic E-state index is -0.236. The summed E-state index contributed by atoms with van der Waals surface area (Å²) >= 11 is 12.2. The van der Waals surface area contributed by atoms with Crippen molar-refractivity contribution in [1.82, 2.24) is 9.80 Å². The number of benzene rings is 2. The predicted molar refractivity (Wildman–Crippen MR) is 142 cm³/mol. The number of halogens is 2. The molecule has 6 nitrogen and oxygen atoms in total. The molecule has 3 aliphatic rings. The molecule has 0 bridgehead atoms. The Morgan fingerprint density at radius 2 is 2.08 bits per heavy atom. The van der Waals surface area contributed by atoms with Crippen LogP contribution in [-0.4, -0.2) is 59.3 Å². The standard InChI is InChI=1S/C28H32Cl2N4O2/c29-25-6-5-22(15-26(25)30)32-27(36)34(11-2-10-33-12-8-24(35)18-33)23-7-9-28(16-21(28)14-23)20-4-1-3-19(13-20)17-31/h1,3-6,13,15,21,23-24,35H,2,7-12,14,16,18H2,(H,32,36)/t21?,23-,24+,28-/m1/s1. The van der Waals surface area contributed by atoms with Gasteiger partial charge in [-0.3, -0.25) is 0 Å². The Kier molecular flexibility index (Phi) is 7.46. The molecular formula is C28H32Cl2N4O2. The van der Waals surface area contributed by atoms with Crippen LogP contribution in [0.4, 0.5) is 10.5 Å². The summed E-state index contributed by atoms with van der Waals surface area (Å²) in [6.45, 7) is 3.15. The Hall–Kier alpha value is -2.30. The first-order valence-corrected chi connectivity index (χ1v) is 13.6. The summed E-state index contributed by atoms with van der Waals surface area (Å²) in [7, 11) is 0. The van der Waals surface area contributed by atoms with Crippen LogP contribution >= 0.6 is 23.2 Å². The molecule has 1 unspecified atom stereocenters. The van der Waals surface area contributed by atoms with E-state index in [0.717, 1.165) is 51.6 Å². The smallest absolute Gasteiger partial charge is 0.322 e. The first-order valence-electron chi connectivity index (χ1n) is 12.8. The molecule has 5 rings (SSSR count). The van der Waals surface area contributed by atoms with E-state index in [-0.39, 0.29) is 23.6 Å². The molecule has 3 fully saturated rings. The van der Waals surface area contributed by atoms with Crippen molar-refractivity contribution in [3.05, 3.63) is 63.6 Å². The topological polar surface area (TPSA) is 79.6 Å². The Bertz CT molecular complexity index is 1170. The van der Waals surface area contributed by atoms with E-state index in [2.05, 4.69) is 22.4 Å². The lowest BCUT2D eigenvalue weighted by atomic mass is 9.80. The van der Waals surface area contributed by atoms with Gasteiger partial charge in [0.15, 0.2) is 0 Å². The fourth-order valence-electron chi connectivity index (χ4n) is 6.24. The molecule has 4 atom stereocenters. The number of likely N-dealkylation sites (tertiary alicyclic amines) is 1. The van der Waals surface area contributed by atoms with E-state index in [1.165, 1.54) is 5.56 Å². The van der Waals surface area contributed by atoms with Crippen molar-refractivity contribution in [3.63, 3.8) is 0 Å². The zero-order valence-corrected chi connectivity index (χ0v) is 21.8. The second-order valence-corrected chi connectivity index (χ2v) is 11.3. The average Bonchev–Trinajstić information content (AvgIpc) is 3.48. The first-order chi connectivity index (χ1) is 17.4. The maximum absolute atomic E-state index is 13.5. The summed E-state index contributed by atoms with van der Waals surface area (Å²) in [5.41, 5.74) is 2.77. The van der Waals surface area contributed by atoms with Crippen molar-refractivity contribution >= 4 is 34.9 Å². The van der Waals surface area contributed by atoms with Crippen LogP contribution < -0.4 is 5.32 Å². The van der Waals surface area contributed by atoms with Gasteiger partial charge in [0.1, 0.15) is 0 Å². The van der Waals surface area contributed by atoms with Crippen LogP contribution in [0.15, 0.2) is 42.5 Å². The Labute approximate surface area is 222 Å². The van der Waals surface area contributed by atoms with Crippen molar-refractivity contribution in [3.8, 4) is 6.07 Å². The van der Waals surface area contributed by atoms with E-state index in [1.54, 1.807) is 18.2 Å². The van der Waals surface area contributed by atoms with Crippen LogP contribution in [-0.2, 0) is 5.41 Å². The lowest BCUT2D eigenvalue weighted by Gasteiger charge is -2.37. The van der Waals surface area contributed by atoms with E-state index in [1.807, 2.05) is 23.1 Å². The first kappa shape index (κ1) is 25.4. The zero-order valence-electron chi connectivity index (χ0n) is 20.3. The molecule has 2 aliphatic carbocycles. The number of nitrogens with zero attached hydrogens (tertiary/aromatic N) is 3.